The molecule has 3 rings (SSSR count). The Morgan fingerprint density at radius 2 is 1.97 bits per heavy atom. The molecule has 1 atom stereocenters. The molecule has 3 N–H and O–H groups in total. The molecule has 11 heteroatoms. The highest BCUT2D eigenvalue weighted by Crippen LogP contribution is 2.33. The molecule has 1 fully saturated rings. The first-order valence-corrected chi connectivity index (χ1v) is 10.4. The molecule has 1 aliphatic rings. The average molecular weight is 463 g/mol. The molecule has 0 aromatic heterocycles. The number of hydrogen-bond donors (Lipinski definition) is 3. The third-order valence-electron chi connectivity index (χ3n) is 4.20. The summed E-state index contributed by atoms with van der Waals surface area (Å²) >= 11 is 11.7. The van der Waals surface area contributed by atoms with Crippen molar-refractivity contribution in [2.24, 2.45) is 0 Å². The minimum atomic E-state index is -3.83. The maximum atomic E-state index is 12.5. The van der Waals surface area contributed by atoms with Crippen LogP contribution in [0.15, 0.2) is 41.3 Å². The van der Waals surface area contributed by atoms with Gasteiger partial charge >= 0.3 is 0 Å². The average Bonchev–Trinajstić information content (AvgIpc) is 3.08. The first-order chi connectivity index (χ1) is 13.5. The van der Waals surface area contributed by atoms with Gasteiger partial charge in [-0.1, -0.05) is 29.3 Å². The van der Waals surface area contributed by atoms with Crippen LogP contribution in [-0.4, -0.2) is 53.3 Å². The summed E-state index contributed by atoms with van der Waals surface area (Å²) in [7, 11) is -3.83. The third kappa shape index (κ3) is 5.36. The Balaban J connectivity index is 0.000000253. The summed E-state index contributed by atoms with van der Waals surface area (Å²) in [4.78, 5) is -0.0937. The minimum absolute atomic E-state index is 0.0383. The van der Waals surface area contributed by atoms with Gasteiger partial charge in [0.2, 0.25) is 10.0 Å². The van der Waals surface area contributed by atoms with Crippen LogP contribution in [0.25, 0.3) is 0 Å². The lowest BCUT2D eigenvalue weighted by Gasteiger charge is -2.21. The fraction of sp³-hybridized carbons (Fsp3) is 0.278. The fourth-order valence-corrected chi connectivity index (χ4v) is 4.83. The van der Waals surface area contributed by atoms with E-state index in [1.54, 1.807) is 6.07 Å². The molecule has 1 aliphatic heterocycles. The molecule has 0 saturated carbocycles. The number of nitrogens with zero attached hydrogens (tertiary/aromatic N) is 2. The molecule has 0 spiro atoms. The van der Waals surface area contributed by atoms with Crippen molar-refractivity contribution in [1.82, 2.24) is 4.31 Å². The Bertz CT molecular complexity index is 1050. The second-order valence-electron chi connectivity index (χ2n) is 6.30. The highest BCUT2D eigenvalue weighted by atomic mass is 35.5. The number of hydrogen-bond acceptors (Lipinski definition) is 6. The third-order valence-corrected chi connectivity index (χ3v) is 7.02. The summed E-state index contributed by atoms with van der Waals surface area (Å²) in [6.07, 6.45) is 0.181. The van der Waals surface area contributed by atoms with Crippen LogP contribution in [0.4, 0.5) is 4.39 Å². The van der Waals surface area contributed by atoms with Crippen LogP contribution < -0.4 is 0 Å². The summed E-state index contributed by atoms with van der Waals surface area (Å²) in [5, 5.41) is 36.0. The predicted octanol–water partition coefficient (Wildman–Crippen LogP) is 2.51. The fourth-order valence-electron chi connectivity index (χ4n) is 2.57. The van der Waals surface area contributed by atoms with Crippen molar-refractivity contribution in [2.75, 3.05) is 19.7 Å². The molecule has 1 saturated heterocycles. The van der Waals surface area contributed by atoms with E-state index in [9.17, 15) is 17.9 Å². The van der Waals surface area contributed by atoms with Gasteiger partial charge in [-0.15, -0.1) is 0 Å². The summed E-state index contributed by atoms with van der Waals surface area (Å²) in [6.45, 7) is -0.515. The van der Waals surface area contributed by atoms with Gasteiger partial charge in [0.25, 0.3) is 0 Å². The highest BCUT2D eigenvalue weighted by Gasteiger charge is 2.41. The molecular weight excluding hydrogens is 446 g/mol. The lowest BCUT2D eigenvalue weighted by Crippen LogP contribution is -2.38. The quantitative estimate of drug-likeness (QED) is 0.643. The Morgan fingerprint density at radius 1 is 1.28 bits per heavy atom. The van der Waals surface area contributed by atoms with Crippen LogP contribution in [-0.2, 0) is 10.0 Å². The normalized spacial score (nSPS) is 19.3. The van der Waals surface area contributed by atoms with Crippen molar-refractivity contribution in [3.8, 4) is 11.8 Å². The van der Waals surface area contributed by atoms with E-state index in [0.29, 0.717) is 0 Å². The van der Waals surface area contributed by atoms with Gasteiger partial charge < -0.3 is 15.3 Å². The van der Waals surface area contributed by atoms with Gasteiger partial charge in [0, 0.05) is 19.2 Å². The molecule has 156 valence electrons. The zero-order valence-corrected chi connectivity index (χ0v) is 17.2. The largest absolute Gasteiger partial charge is 0.508 e. The van der Waals surface area contributed by atoms with E-state index < -0.39 is 28.0 Å². The molecule has 0 radical (unpaired) electrons. The number of aliphatic hydroxyl groups excluding tert-OH is 1. The van der Waals surface area contributed by atoms with Crippen LogP contribution in [0.3, 0.4) is 0 Å². The summed E-state index contributed by atoms with van der Waals surface area (Å²) < 4.78 is 38.4. The first-order valence-electron chi connectivity index (χ1n) is 8.20. The molecule has 1 heterocycles. The van der Waals surface area contributed by atoms with Crippen LogP contribution in [0.5, 0.6) is 5.75 Å². The number of halogens is 3. The van der Waals surface area contributed by atoms with Crippen molar-refractivity contribution in [3.05, 3.63) is 57.8 Å². The molecule has 2 aromatic carbocycles. The van der Waals surface area contributed by atoms with E-state index in [2.05, 4.69) is 0 Å². The van der Waals surface area contributed by atoms with Crippen LogP contribution in [0.1, 0.15) is 12.0 Å². The second-order valence-corrected chi connectivity index (χ2v) is 8.99. The van der Waals surface area contributed by atoms with E-state index in [1.807, 2.05) is 0 Å². The second kappa shape index (κ2) is 9.26. The Kier molecular flexibility index (Phi) is 7.45. The molecule has 29 heavy (non-hydrogen) atoms. The number of nitriles is 1. The topological polar surface area (TPSA) is 122 Å². The number of aromatic hydroxyl groups is 1. The molecule has 0 amide bonds. The summed E-state index contributed by atoms with van der Waals surface area (Å²) in [5.74, 6) is -0.862. The molecular formula is C18H17Cl2FN2O5S. The van der Waals surface area contributed by atoms with Crippen LogP contribution >= 0.6 is 23.2 Å². The monoisotopic (exact) mass is 462 g/mol. The zero-order chi connectivity index (χ0) is 21.8. The molecule has 7 nitrogen and oxygen atoms in total. The molecule has 1 unspecified atom stereocenters. The predicted molar refractivity (Wildman–Crippen MR) is 105 cm³/mol. The van der Waals surface area contributed by atoms with Gasteiger partial charge in [-0.25, -0.2) is 12.8 Å². The molecule has 0 bridgehead atoms. The van der Waals surface area contributed by atoms with Gasteiger partial charge in [0.15, 0.2) is 0 Å². The van der Waals surface area contributed by atoms with E-state index in [1.165, 1.54) is 30.3 Å². The maximum absolute atomic E-state index is 12.5. The smallest absolute Gasteiger partial charge is 0.244 e. The minimum Gasteiger partial charge on any atom is -0.508 e. The van der Waals surface area contributed by atoms with E-state index in [4.69, 9.17) is 38.7 Å². The Hall–Kier alpha value is -1.93. The number of β-amino-alcohol motifs (C(OH)–C–C–N with tert-alkyl or cyclic N) is 1. The summed E-state index contributed by atoms with van der Waals surface area (Å²) in [5.41, 5.74) is -1.45. The zero-order valence-electron chi connectivity index (χ0n) is 14.9. The number of phenolic OH excluding ortho intramolecular Hbond substituents is 1. The van der Waals surface area contributed by atoms with Gasteiger partial charge in [-0.2, -0.15) is 9.57 Å². The van der Waals surface area contributed by atoms with E-state index in [-0.39, 0.29) is 45.8 Å². The lowest BCUT2D eigenvalue weighted by atomic mass is 10.1. The maximum Gasteiger partial charge on any atom is 0.244 e. The SMILES string of the molecule is N#Cc1ccc(O)cc1F.O=S(=O)(c1cccc(Cl)c1Cl)N1CCC(O)(CO)C1. The van der Waals surface area contributed by atoms with Crippen LogP contribution in [0.2, 0.25) is 10.0 Å². The molecule has 2 aromatic rings. The van der Waals surface area contributed by atoms with Crippen molar-refractivity contribution in [2.45, 2.75) is 16.9 Å². The highest BCUT2D eigenvalue weighted by molar-refractivity contribution is 7.89. The van der Waals surface area contributed by atoms with Crippen molar-refractivity contribution in [3.63, 3.8) is 0 Å². The van der Waals surface area contributed by atoms with Crippen molar-refractivity contribution in [1.29, 1.82) is 5.26 Å². The lowest BCUT2D eigenvalue weighted by molar-refractivity contribution is -0.000734. The van der Waals surface area contributed by atoms with Crippen molar-refractivity contribution >= 4 is 33.2 Å². The standard InChI is InChI=1S/C11H13Cl2NO4S.C7H4FNO/c12-8-2-1-3-9(10(8)13)19(17,18)14-5-4-11(16,6-14)7-15;8-7-3-6(10)2-1-5(7)4-9/h1-3,15-16H,4-7H2;1-3,10H. The Labute approximate surface area is 177 Å². The van der Waals surface area contributed by atoms with Crippen molar-refractivity contribution < 1.29 is 28.1 Å². The number of sulfonamides is 1. The van der Waals surface area contributed by atoms with Gasteiger partial charge in [-0.05, 0) is 30.7 Å². The molecule has 0 aliphatic carbocycles. The number of phenols is 1. The van der Waals surface area contributed by atoms with Gasteiger partial charge in [0.05, 0.1) is 22.2 Å². The van der Waals surface area contributed by atoms with E-state index >= 15 is 0 Å². The van der Waals surface area contributed by atoms with Gasteiger partial charge in [-0.3, -0.25) is 0 Å². The Morgan fingerprint density at radius 3 is 2.52 bits per heavy atom. The van der Waals surface area contributed by atoms with Crippen LogP contribution in [0, 0.1) is 17.1 Å². The number of aliphatic hydroxyl groups is 2. The van der Waals surface area contributed by atoms with E-state index in [0.717, 1.165) is 10.4 Å². The first kappa shape index (κ1) is 23.3. The number of benzene rings is 2. The number of rotatable bonds is 3. The van der Waals surface area contributed by atoms with Gasteiger partial charge in [0.1, 0.15) is 28.1 Å². The summed E-state index contributed by atoms with van der Waals surface area (Å²) in [6, 6.07) is 9.38.